The lowest BCUT2D eigenvalue weighted by molar-refractivity contribution is -0.123. The highest BCUT2D eigenvalue weighted by Crippen LogP contribution is 2.22. The molecule has 24 heavy (non-hydrogen) atoms. The van der Waals surface area contributed by atoms with Crippen molar-refractivity contribution in [3.63, 3.8) is 0 Å². The van der Waals surface area contributed by atoms with Gasteiger partial charge in [-0.3, -0.25) is 4.79 Å². The Labute approximate surface area is 140 Å². The Bertz CT molecular complexity index is 842. The molecule has 0 fully saturated rings. The van der Waals surface area contributed by atoms with Crippen molar-refractivity contribution in [1.82, 2.24) is 20.1 Å². The van der Waals surface area contributed by atoms with Crippen molar-refractivity contribution in [2.45, 2.75) is 25.4 Å². The van der Waals surface area contributed by atoms with Gasteiger partial charge in [-0.1, -0.05) is 60.7 Å². The summed E-state index contributed by atoms with van der Waals surface area (Å²) in [4.78, 5) is 12.1. The molecule has 1 aromatic heterocycles. The van der Waals surface area contributed by atoms with Crippen LogP contribution in [0.4, 0.5) is 0 Å². The van der Waals surface area contributed by atoms with Crippen molar-refractivity contribution in [3.05, 3.63) is 83.4 Å². The molecular weight excluding hydrogens is 300 g/mol. The van der Waals surface area contributed by atoms with Crippen LogP contribution in [0, 0.1) is 0 Å². The molecule has 0 aliphatic carbocycles. The minimum absolute atomic E-state index is 0.0116. The number of carbonyl (C=O) groups is 1. The standard InChI is InChI=1S/C19H18N4O/c24-18-13-23-17(12-15-9-5-2-6-10-15)21-22-19(23)16(20-18)11-14-7-3-1-4-8-14/h1-10,16H,11-13H2,(H,20,24)/t16-/m0/s1. The van der Waals surface area contributed by atoms with E-state index in [0.717, 1.165) is 18.1 Å². The molecule has 1 amide bonds. The molecule has 0 bridgehead atoms. The summed E-state index contributed by atoms with van der Waals surface area (Å²) in [6.07, 6.45) is 1.40. The molecule has 1 atom stereocenters. The molecule has 0 saturated heterocycles. The number of hydrogen-bond acceptors (Lipinski definition) is 3. The molecule has 120 valence electrons. The van der Waals surface area contributed by atoms with Gasteiger partial charge in [-0.15, -0.1) is 10.2 Å². The van der Waals surface area contributed by atoms with E-state index in [1.54, 1.807) is 0 Å². The van der Waals surface area contributed by atoms with E-state index in [9.17, 15) is 4.79 Å². The smallest absolute Gasteiger partial charge is 0.240 e. The van der Waals surface area contributed by atoms with E-state index in [4.69, 9.17) is 0 Å². The average molecular weight is 318 g/mol. The summed E-state index contributed by atoms with van der Waals surface area (Å²) in [5.74, 6) is 1.69. The second-order valence-electron chi connectivity index (χ2n) is 6.03. The van der Waals surface area contributed by atoms with E-state index in [2.05, 4.69) is 39.8 Å². The molecule has 1 N–H and O–H groups in total. The van der Waals surface area contributed by atoms with Crippen LogP contribution in [0.25, 0.3) is 0 Å². The average Bonchev–Trinajstić information content (AvgIpc) is 3.00. The first kappa shape index (κ1) is 14.6. The van der Waals surface area contributed by atoms with Crippen LogP contribution in [-0.4, -0.2) is 20.7 Å². The maximum absolute atomic E-state index is 12.1. The summed E-state index contributed by atoms with van der Waals surface area (Å²) in [6.45, 7) is 0.287. The van der Waals surface area contributed by atoms with Gasteiger partial charge in [0.2, 0.25) is 5.91 Å². The van der Waals surface area contributed by atoms with Gasteiger partial charge >= 0.3 is 0 Å². The van der Waals surface area contributed by atoms with Crippen molar-refractivity contribution in [2.24, 2.45) is 0 Å². The van der Waals surface area contributed by atoms with E-state index < -0.39 is 0 Å². The Balaban J connectivity index is 1.62. The molecule has 2 heterocycles. The first-order valence-corrected chi connectivity index (χ1v) is 8.09. The number of aromatic nitrogens is 3. The largest absolute Gasteiger partial charge is 0.344 e. The van der Waals surface area contributed by atoms with Gasteiger partial charge in [0.1, 0.15) is 12.4 Å². The lowest BCUT2D eigenvalue weighted by Gasteiger charge is -2.25. The zero-order valence-corrected chi connectivity index (χ0v) is 13.2. The highest BCUT2D eigenvalue weighted by molar-refractivity contribution is 5.77. The number of nitrogens with one attached hydrogen (secondary N) is 1. The van der Waals surface area contributed by atoms with Gasteiger partial charge in [-0.2, -0.15) is 0 Å². The van der Waals surface area contributed by atoms with Crippen molar-refractivity contribution >= 4 is 5.91 Å². The van der Waals surface area contributed by atoms with Gasteiger partial charge in [-0.05, 0) is 17.5 Å². The number of benzene rings is 2. The van der Waals surface area contributed by atoms with Gasteiger partial charge in [0, 0.05) is 6.42 Å². The van der Waals surface area contributed by atoms with Crippen LogP contribution >= 0.6 is 0 Å². The van der Waals surface area contributed by atoms with Crippen LogP contribution in [0.1, 0.15) is 28.8 Å². The summed E-state index contributed by atoms with van der Waals surface area (Å²) >= 11 is 0. The number of hydrogen-bond donors (Lipinski definition) is 1. The number of carbonyl (C=O) groups excluding carboxylic acids is 1. The highest BCUT2D eigenvalue weighted by atomic mass is 16.2. The first-order valence-electron chi connectivity index (χ1n) is 8.09. The Morgan fingerprint density at radius 3 is 2.33 bits per heavy atom. The second-order valence-corrected chi connectivity index (χ2v) is 6.03. The fourth-order valence-electron chi connectivity index (χ4n) is 3.13. The number of nitrogens with zero attached hydrogens (tertiary/aromatic N) is 3. The molecule has 0 saturated carbocycles. The number of amides is 1. The molecular formula is C19H18N4O. The SMILES string of the molecule is O=C1Cn2c(Cc3ccccc3)nnc2[C@H](Cc2ccccc2)N1. The molecule has 0 radical (unpaired) electrons. The molecule has 0 unspecified atom stereocenters. The van der Waals surface area contributed by atoms with Crippen LogP contribution in [0.2, 0.25) is 0 Å². The first-order chi connectivity index (χ1) is 11.8. The van der Waals surface area contributed by atoms with Crippen LogP contribution in [0.3, 0.4) is 0 Å². The summed E-state index contributed by atoms with van der Waals surface area (Å²) in [5, 5.41) is 11.7. The maximum atomic E-state index is 12.1. The summed E-state index contributed by atoms with van der Waals surface area (Å²) < 4.78 is 1.96. The van der Waals surface area contributed by atoms with E-state index in [0.29, 0.717) is 6.42 Å². The Kier molecular flexibility index (Phi) is 3.83. The van der Waals surface area contributed by atoms with Crippen molar-refractivity contribution in [3.8, 4) is 0 Å². The van der Waals surface area contributed by atoms with Gasteiger partial charge < -0.3 is 9.88 Å². The third-order valence-electron chi connectivity index (χ3n) is 4.29. The fourth-order valence-corrected chi connectivity index (χ4v) is 3.13. The lowest BCUT2D eigenvalue weighted by Crippen LogP contribution is -2.40. The molecule has 2 aromatic carbocycles. The highest BCUT2D eigenvalue weighted by Gasteiger charge is 2.28. The summed E-state index contributed by atoms with van der Waals surface area (Å²) in [7, 11) is 0. The fraction of sp³-hybridized carbons (Fsp3) is 0.211. The van der Waals surface area contributed by atoms with Crippen molar-refractivity contribution in [1.29, 1.82) is 0 Å². The van der Waals surface area contributed by atoms with Gasteiger partial charge in [0.05, 0.1) is 6.04 Å². The van der Waals surface area contributed by atoms with Crippen molar-refractivity contribution < 1.29 is 4.79 Å². The molecule has 5 nitrogen and oxygen atoms in total. The van der Waals surface area contributed by atoms with Gasteiger partial charge in [-0.25, -0.2) is 0 Å². The number of fused-ring (bicyclic) bond motifs is 1. The predicted molar refractivity (Wildman–Crippen MR) is 90.3 cm³/mol. The van der Waals surface area contributed by atoms with Crippen LogP contribution in [-0.2, 0) is 24.2 Å². The lowest BCUT2D eigenvalue weighted by atomic mass is 10.0. The second kappa shape index (κ2) is 6.28. The van der Waals surface area contributed by atoms with Gasteiger partial charge in [0.15, 0.2) is 5.82 Å². The minimum Gasteiger partial charge on any atom is -0.344 e. The van der Waals surface area contributed by atoms with E-state index in [1.165, 1.54) is 11.1 Å². The Hall–Kier alpha value is -2.95. The zero-order valence-electron chi connectivity index (χ0n) is 13.2. The third kappa shape index (κ3) is 2.93. The molecule has 1 aliphatic heterocycles. The molecule has 5 heteroatoms. The molecule has 4 rings (SSSR count). The Morgan fingerprint density at radius 2 is 1.62 bits per heavy atom. The third-order valence-corrected chi connectivity index (χ3v) is 4.29. The molecule has 1 aliphatic rings. The van der Waals surface area contributed by atoms with Crippen LogP contribution < -0.4 is 5.32 Å². The number of rotatable bonds is 4. The quantitative estimate of drug-likeness (QED) is 0.803. The van der Waals surface area contributed by atoms with Crippen molar-refractivity contribution in [2.75, 3.05) is 0 Å². The summed E-state index contributed by atoms with van der Waals surface area (Å²) in [5.41, 5.74) is 2.34. The van der Waals surface area contributed by atoms with Crippen LogP contribution in [0.5, 0.6) is 0 Å². The monoisotopic (exact) mass is 318 g/mol. The Morgan fingerprint density at radius 1 is 0.958 bits per heavy atom. The molecule has 0 spiro atoms. The van der Waals surface area contributed by atoms with Crippen LogP contribution in [0.15, 0.2) is 60.7 Å². The maximum Gasteiger partial charge on any atom is 0.240 e. The predicted octanol–water partition coefficient (Wildman–Crippen LogP) is 2.28. The van der Waals surface area contributed by atoms with E-state index in [-0.39, 0.29) is 18.5 Å². The zero-order chi connectivity index (χ0) is 16.4. The minimum atomic E-state index is -0.134. The summed E-state index contributed by atoms with van der Waals surface area (Å²) in [6, 6.07) is 20.1. The molecule has 3 aromatic rings. The normalized spacial score (nSPS) is 16.5. The van der Waals surface area contributed by atoms with E-state index >= 15 is 0 Å². The van der Waals surface area contributed by atoms with Gasteiger partial charge in [0.25, 0.3) is 0 Å². The van der Waals surface area contributed by atoms with E-state index in [1.807, 2.05) is 41.0 Å². The topological polar surface area (TPSA) is 59.8 Å².